The van der Waals surface area contributed by atoms with Gasteiger partial charge >= 0.3 is 6.03 Å². The Kier molecular flexibility index (Phi) is 4.05. The first-order valence-electron chi connectivity index (χ1n) is 7.24. The highest BCUT2D eigenvalue weighted by atomic mass is 19.1. The van der Waals surface area contributed by atoms with E-state index < -0.39 is 5.82 Å². The molecule has 0 atom stereocenters. The minimum Gasteiger partial charge on any atom is -0.486 e. The fraction of sp³-hybridized carbons (Fsp3) is 0.333. The number of imidazole rings is 1. The number of urea groups is 1. The lowest BCUT2D eigenvalue weighted by atomic mass is 10.2. The van der Waals surface area contributed by atoms with Crippen LogP contribution < -0.4 is 19.9 Å². The molecule has 122 valence electrons. The third-order valence-corrected chi connectivity index (χ3v) is 3.77. The fourth-order valence-corrected chi connectivity index (χ4v) is 2.54. The van der Waals surface area contributed by atoms with Gasteiger partial charge in [-0.25, -0.2) is 14.2 Å². The molecule has 2 heterocycles. The Bertz CT molecular complexity index is 704. The van der Waals surface area contributed by atoms with Gasteiger partial charge in [-0.15, -0.1) is 0 Å². The highest BCUT2D eigenvalue weighted by Crippen LogP contribution is 2.38. The third-order valence-electron chi connectivity index (χ3n) is 3.77. The molecule has 8 heteroatoms. The van der Waals surface area contributed by atoms with E-state index in [0.29, 0.717) is 31.1 Å². The predicted molar refractivity (Wildman–Crippen MR) is 84.4 cm³/mol. The number of carbonyl (C=O) groups excluding carboxylic acids is 1. The lowest BCUT2D eigenvalue weighted by Gasteiger charge is -2.32. The standard InChI is InChI=1S/C15H18FN5O2/c1-17-15(22)20(2)11-5-12(16)14-13(6-11)21(3-4-23-14)8-10-7-18-9-19-10/h5-7,9H,3-4,8H2,1-2H3,(H,17,22)(H,18,19). The van der Waals surface area contributed by atoms with Crippen molar-refractivity contribution < 1.29 is 13.9 Å². The molecule has 0 saturated heterocycles. The molecule has 0 saturated carbocycles. The average molecular weight is 319 g/mol. The van der Waals surface area contributed by atoms with Crippen molar-refractivity contribution in [1.29, 1.82) is 0 Å². The number of aromatic nitrogens is 2. The van der Waals surface area contributed by atoms with Crippen molar-refractivity contribution in [2.24, 2.45) is 0 Å². The van der Waals surface area contributed by atoms with Gasteiger partial charge in [0.05, 0.1) is 36.5 Å². The smallest absolute Gasteiger partial charge is 0.321 e. The van der Waals surface area contributed by atoms with Gasteiger partial charge in [0.15, 0.2) is 11.6 Å². The molecule has 0 unspecified atom stereocenters. The molecule has 0 spiro atoms. The molecule has 1 aliphatic heterocycles. The SMILES string of the molecule is CNC(=O)N(C)c1cc(F)c2c(c1)N(Cc1c[nH]cn1)CCO2. The first kappa shape index (κ1) is 15.1. The van der Waals surface area contributed by atoms with Gasteiger partial charge in [0.25, 0.3) is 0 Å². The lowest BCUT2D eigenvalue weighted by Crippen LogP contribution is -2.36. The molecule has 1 aromatic heterocycles. The molecule has 0 bridgehead atoms. The number of rotatable bonds is 3. The van der Waals surface area contributed by atoms with Gasteiger partial charge in [0, 0.05) is 26.4 Å². The second-order valence-corrected chi connectivity index (χ2v) is 5.22. The maximum absolute atomic E-state index is 14.4. The molecule has 0 aliphatic carbocycles. The van der Waals surface area contributed by atoms with Crippen LogP contribution in [-0.4, -0.2) is 43.2 Å². The second kappa shape index (κ2) is 6.15. The quantitative estimate of drug-likeness (QED) is 0.903. The number of nitrogens with zero attached hydrogens (tertiary/aromatic N) is 3. The van der Waals surface area contributed by atoms with E-state index in [0.717, 1.165) is 5.69 Å². The minimum atomic E-state index is -0.486. The van der Waals surface area contributed by atoms with Crippen molar-refractivity contribution >= 4 is 17.4 Å². The topological polar surface area (TPSA) is 73.5 Å². The number of H-pyrrole nitrogens is 1. The summed E-state index contributed by atoms with van der Waals surface area (Å²) in [5.41, 5.74) is 1.92. The monoisotopic (exact) mass is 319 g/mol. The van der Waals surface area contributed by atoms with Crippen LogP contribution in [0.5, 0.6) is 5.75 Å². The van der Waals surface area contributed by atoms with Crippen LogP contribution in [0, 0.1) is 5.82 Å². The molecule has 1 aromatic carbocycles. The van der Waals surface area contributed by atoms with Crippen molar-refractivity contribution in [3.8, 4) is 5.75 Å². The van der Waals surface area contributed by atoms with E-state index in [1.807, 2.05) is 4.90 Å². The second-order valence-electron chi connectivity index (χ2n) is 5.22. The fourth-order valence-electron chi connectivity index (χ4n) is 2.54. The number of fused-ring (bicyclic) bond motifs is 1. The number of ether oxygens (including phenoxy) is 1. The zero-order valence-corrected chi connectivity index (χ0v) is 13.0. The van der Waals surface area contributed by atoms with Gasteiger partial charge < -0.3 is 19.9 Å². The number of nitrogens with one attached hydrogen (secondary N) is 2. The first-order chi connectivity index (χ1) is 11.1. The van der Waals surface area contributed by atoms with Crippen molar-refractivity contribution in [2.45, 2.75) is 6.54 Å². The van der Waals surface area contributed by atoms with Gasteiger partial charge in [0.1, 0.15) is 6.61 Å². The van der Waals surface area contributed by atoms with Crippen molar-refractivity contribution in [2.75, 3.05) is 37.0 Å². The summed E-state index contributed by atoms with van der Waals surface area (Å²) >= 11 is 0. The molecule has 2 N–H and O–H groups in total. The van der Waals surface area contributed by atoms with Crippen LogP contribution in [0.1, 0.15) is 5.69 Å². The number of carbonyl (C=O) groups is 1. The maximum Gasteiger partial charge on any atom is 0.321 e. The number of anilines is 2. The zero-order valence-electron chi connectivity index (χ0n) is 13.0. The van der Waals surface area contributed by atoms with Crippen LogP contribution in [0.25, 0.3) is 0 Å². The Labute approximate surface area is 133 Å². The molecule has 2 amide bonds. The van der Waals surface area contributed by atoms with Crippen LogP contribution in [0.15, 0.2) is 24.7 Å². The molecule has 0 fully saturated rings. The van der Waals surface area contributed by atoms with Crippen molar-refractivity contribution in [3.05, 3.63) is 36.2 Å². The predicted octanol–water partition coefficient (Wildman–Crippen LogP) is 1.72. The van der Waals surface area contributed by atoms with E-state index in [-0.39, 0.29) is 11.8 Å². The summed E-state index contributed by atoms with van der Waals surface area (Å²) in [7, 11) is 3.11. The third kappa shape index (κ3) is 2.92. The van der Waals surface area contributed by atoms with Crippen LogP contribution in [0.2, 0.25) is 0 Å². The van der Waals surface area contributed by atoms with E-state index in [4.69, 9.17) is 4.74 Å². The largest absolute Gasteiger partial charge is 0.486 e. The number of halogens is 1. The summed E-state index contributed by atoms with van der Waals surface area (Å²) in [6.45, 7) is 1.55. The van der Waals surface area contributed by atoms with Crippen molar-refractivity contribution in [3.63, 3.8) is 0 Å². The Morgan fingerprint density at radius 2 is 2.39 bits per heavy atom. The lowest BCUT2D eigenvalue weighted by molar-refractivity contribution is 0.249. The highest BCUT2D eigenvalue weighted by Gasteiger charge is 2.24. The molecule has 3 rings (SSSR count). The number of amides is 2. The molecular formula is C15H18FN5O2. The summed E-state index contributed by atoms with van der Waals surface area (Å²) in [5, 5.41) is 2.52. The van der Waals surface area contributed by atoms with E-state index in [1.165, 1.54) is 18.0 Å². The zero-order chi connectivity index (χ0) is 16.4. The molecule has 7 nitrogen and oxygen atoms in total. The number of hydrogen-bond donors (Lipinski definition) is 2. The summed E-state index contributed by atoms with van der Waals surface area (Å²) in [6, 6.07) is 2.73. The summed E-state index contributed by atoms with van der Waals surface area (Å²) < 4.78 is 19.8. The Morgan fingerprint density at radius 3 is 3.09 bits per heavy atom. The van der Waals surface area contributed by atoms with Crippen LogP contribution in [0.4, 0.5) is 20.6 Å². The number of hydrogen-bond acceptors (Lipinski definition) is 4. The normalized spacial score (nSPS) is 13.3. The van der Waals surface area contributed by atoms with E-state index >= 15 is 0 Å². The van der Waals surface area contributed by atoms with Crippen LogP contribution >= 0.6 is 0 Å². The Balaban J connectivity index is 1.96. The summed E-state index contributed by atoms with van der Waals surface area (Å²) in [6.07, 6.45) is 3.40. The maximum atomic E-state index is 14.4. The highest BCUT2D eigenvalue weighted by molar-refractivity contribution is 5.92. The number of benzene rings is 1. The van der Waals surface area contributed by atoms with Gasteiger partial charge in [-0.2, -0.15) is 0 Å². The van der Waals surface area contributed by atoms with Gasteiger partial charge in [0.2, 0.25) is 0 Å². The molecule has 0 radical (unpaired) electrons. The van der Waals surface area contributed by atoms with E-state index in [2.05, 4.69) is 15.3 Å². The number of aromatic amines is 1. The van der Waals surface area contributed by atoms with Crippen LogP contribution in [-0.2, 0) is 6.54 Å². The molecular weight excluding hydrogens is 301 g/mol. The van der Waals surface area contributed by atoms with E-state index in [1.54, 1.807) is 25.6 Å². The molecule has 1 aliphatic rings. The van der Waals surface area contributed by atoms with Crippen LogP contribution in [0.3, 0.4) is 0 Å². The minimum absolute atomic E-state index is 0.209. The summed E-state index contributed by atoms with van der Waals surface area (Å²) in [4.78, 5) is 22.2. The first-order valence-corrected chi connectivity index (χ1v) is 7.24. The van der Waals surface area contributed by atoms with Crippen molar-refractivity contribution in [1.82, 2.24) is 15.3 Å². The average Bonchev–Trinajstić information content (AvgIpc) is 3.07. The Hall–Kier alpha value is -2.77. The van der Waals surface area contributed by atoms with Gasteiger partial charge in [-0.3, -0.25) is 4.90 Å². The summed E-state index contributed by atoms with van der Waals surface area (Å²) in [5.74, 6) is -0.277. The Morgan fingerprint density at radius 1 is 1.57 bits per heavy atom. The van der Waals surface area contributed by atoms with Gasteiger partial charge in [-0.1, -0.05) is 0 Å². The van der Waals surface area contributed by atoms with E-state index in [9.17, 15) is 9.18 Å². The van der Waals surface area contributed by atoms with Gasteiger partial charge in [-0.05, 0) is 6.07 Å². The molecule has 23 heavy (non-hydrogen) atoms. The molecule has 2 aromatic rings.